The van der Waals surface area contributed by atoms with Crippen LogP contribution >= 0.6 is 0 Å². The second-order valence-corrected chi connectivity index (χ2v) is 6.90. The van der Waals surface area contributed by atoms with Gasteiger partial charge in [0.05, 0.1) is 5.75 Å². The van der Waals surface area contributed by atoms with Gasteiger partial charge in [0.15, 0.2) is 0 Å². The maximum atomic E-state index is 11.4. The van der Waals surface area contributed by atoms with Crippen LogP contribution in [0.25, 0.3) is 0 Å². The number of aromatic nitrogens is 1. The summed E-state index contributed by atoms with van der Waals surface area (Å²) < 4.78 is 22.8. The molecule has 1 aromatic rings. The van der Waals surface area contributed by atoms with Crippen LogP contribution < -0.4 is 5.32 Å². The fourth-order valence-corrected chi connectivity index (χ4v) is 2.84. The van der Waals surface area contributed by atoms with Gasteiger partial charge in [0.2, 0.25) is 0 Å². The average Bonchev–Trinajstić information content (AvgIpc) is 2.27. The second-order valence-electron chi connectivity index (χ2n) is 4.71. The smallest absolute Gasteiger partial charge is 0.148 e. The van der Waals surface area contributed by atoms with Gasteiger partial charge in [-0.1, -0.05) is 13.0 Å². The van der Waals surface area contributed by atoms with E-state index in [4.69, 9.17) is 0 Å². The molecular formula is C13H22N2O2S. The van der Waals surface area contributed by atoms with Crippen LogP contribution in [-0.2, 0) is 16.3 Å². The van der Waals surface area contributed by atoms with Crippen molar-refractivity contribution in [2.75, 3.05) is 18.6 Å². The molecule has 102 valence electrons. The molecule has 0 saturated heterocycles. The Morgan fingerprint density at radius 2 is 2.17 bits per heavy atom. The van der Waals surface area contributed by atoms with Gasteiger partial charge in [-0.05, 0) is 31.5 Å². The number of nitrogens with zero attached hydrogens (tertiary/aromatic N) is 1. The first kappa shape index (κ1) is 15.1. The summed E-state index contributed by atoms with van der Waals surface area (Å²) in [5.41, 5.74) is 2.07. The minimum atomic E-state index is -2.98. The highest BCUT2D eigenvalue weighted by molar-refractivity contribution is 7.90. The van der Waals surface area contributed by atoms with Crippen molar-refractivity contribution in [3.05, 3.63) is 29.6 Å². The lowest BCUT2D eigenvalue weighted by Crippen LogP contribution is -2.38. The Hall–Kier alpha value is -0.940. The molecule has 0 saturated carbocycles. The lowest BCUT2D eigenvalue weighted by Gasteiger charge is -2.18. The van der Waals surface area contributed by atoms with Crippen LogP contribution in [0.3, 0.4) is 0 Å². The zero-order valence-electron chi connectivity index (χ0n) is 11.3. The largest absolute Gasteiger partial charge is 0.313 e. The fraction of sp³-hybridized carbons (Fsp3) is 0.615. The van der Waals surface area contributed by atoms with Crippen LogP contribution in [0, 0.1) is 6.92 Å². The lowest BCUT2D eigenvalue weighted by molar-refractivity contribution is 0.525. The van der Waals surface area contributed by atoms with Crippen molar-refractivity contribution in [1.82, 2.24) is 10.3 Å². The molecule has 0 radical (unpaired) electrons. The molecule has 5 heteroatoms. The van der Waals surface area contributed by atoms with E-state index in [-0.39, 0.29) is 11.8 Å². The van der Waals surface area contributed by atoms with Crippen LogP contribution in [-0.4, -0.2) is 38.0 Å². The van der Waals surface area contributed by atoms with E-state index in [9.17, 15) is 8.42 Å². The first-order valence-electron chi connectivity index (χ1n) is 6.24. The number of sulfone groups is 1. The molecule has 0 amide bonds. The van der Waals surface area contributed by atoms with Crippen molar-refractivity contribution in [2.45, 2.75) is 32.7 Å². The van der Waals surface area contributed by atoms with Gasteiger partial charge in [-0.2, -0.15) is 0 Å². The highest BCUT2D eigenvalue weighted by Crippen LogP contribution is 2.08. The third-order valence-electron chi connectivity index (χ3n) is 2.74. The average molecular weight is 270 g/mol. The van der Waals surface area contributed by atoms with E-state index in [0.717, 1.165) is 24.2 Å². The molecule has 1 rings (SSSR count). The van der Waals surface area contributed by atoms with E-state index in [1.165, 1.54) is 6.26 Å². The van der Waals surface area contributed by atoms with Crippen molar-refractivity contribution >= 4 is 9.84 Å². The van der Waals surface area contributed by atoms with Gasteiger partial charge < -0.3 is 5.32 Å². The summed E-state index contributed by atoms with van der Waals surface area (Å²) in [5, 5.41) is 3.28. The highest BCUT2D eigenvalue weighted by atomic mass is 32.2. The quantitative estimate of drug-likeness (QED) is 0.812. The molecular weight excluding hydrogens is 248 g/mol. The van der Waals surface area contributed by atoms with Crippen LogP contribution in [0.4, 0.5) is 0 Å². The summed E-state index contributed by atoms with van der Waals surface area (Å²) in [6, 6.07) is 3.83. The highest BCUT2D eigenvalue weighted by Gasteiger charge is 2.16. The Morgan fingerprint density at radius 1 is 1.44 bits per heavy atom. The molecule has 0 bridgehead atoms. The van der Waals surface area contributed by atoms with Crippen molar-refractivity contribution < 1.29 is 8.42 Å². The van der Waals surface area contributed by atoms with Crippen molar-refractivity contribution in [3.8, 4) is 0 Å². The molecule has 0 aliphatic heterocycles. The van der Waals surface area contributed by atoms with E-state index in [2.05, 4.69) is 17.2 Å². The zero-order chi connectivity index (χ0) is 13.6. The van der Waals surface area contributed by atoms with E-state index in [0.29, 0.717) is 6.42 Å². The van der Waals surface area contributed by atoms with Crippen LogP contribution in [0.1, 0.15) is 24.6 Å². The fourth-order valence-electron chi connectivity index (χ4n) is 1.87. The molecule has 1 atom stereocenters. The van der Waals surface area contributed by atoms with Crippen molar-refractivity contribution in [1.29, 1.82) is 0 Å². The van der Waals surface area contributed by atoms with Gasteiger partial charge in [-0.25, -0.2) is 8.42 Å². The number of hydrogen-bond acceptors (Lipinski definition) is 4. The zero-order valence-corrected chi connectivity index (χ0v) is 12.1. The Morgan fingerprint density at radius 3 is 2.72 bits per heavy atom. The Kier molecular flexibility index (Phi) is 5.75. The maximum Gasteiger partial charge on any atom is 0.148 e. The molecule has 0 aliphatic carbocycles. The number of pyridine rings is 1. The molecule has 1 N–H and O–H groups in total. The summed E-state index contributed by atoms with van der Waals surface area (Å²) in [7, 11) is -2.98. The van der Waals surface area contributed by atoms with Gasteiger partial charge in [0.1, 0.15) is 9.84 Å². The van der Waals surface area contributed by atoms with Gasteiger partial charge in [-0.15, -0.1) is 0 Å². The molecule has 0 aromatic carbocycles. The molecule has 0 spiro atoms. The number of nitrogens with one attached hydrogen (secondary N) is 1. The van der Waals surface area contributed by atoms with Gasteiger partial charge in [-0.3, -0.25) is 4.98 Å². The van der Waals surface area contributed by atoms with Crippen molar-refractivity contribution in [2.24, 2.45) is 0 Å². The topological polar surface area (TPSA) is 59.1 Å². The molecule has 18 heavy (non-hydrogen) atoms. The first-order valence-corrected chi connectivity index (χ1v) is 8.30. The SMILES string of the molecule is CCCNC(Cc1ncccc1C)CS(C)(=O)=O. The third-order valence-corrected chi connectivity index (χ3v) is 3.75. The standard InChI is InChI=1S/C13H22N2O2S/c1-4-7-14-12(10-18(3,16)17)9-13-11(2)6-5-8-15-13/h5-6,8,12,14H,4,7,9-10H2,1-3H3. The predicted molar refractivity (Wildman–Crippen MR) is 74.5 cm³/mol. The molecule has 1 heterocycles. The molecule has 1 unspecified atom stereocenters. The number of hydrogen-bond donors (Lipinski definition) is 1. The van der Waals surface area contributed by atoms with E-state index < -0.39 is 9.84 Å². The lowest BCUT2D eigenvalue weighted by atomic mass is 10.1. The van der Waals surface area contributed by atoms with Gasteiger partial charge >= 0.3 is 0 Å². The van der Waals surface area contributed by atoms with Crippen LogP contribution in [0.5, 0.6) is 0 Å². The van der Waals surface area contributed by atoms with Crippen LogP contribution in [0.2, 0.25) is 0 Å². The Bertz CT molecular complexity index is 472. The van der Waals surface area contributed by atoms with E-state index in [1.807, 2.05) is 19.1 Å². The summed E-state index contributed by atoms with van der Waals surface area (Å²) in [4.78, 5) is 4.32. The molecule has 0 aliphatic rings. The van der Waals surface area contributed by atoms with E-state index >= 15 is 0 Å². The monoisotopic (exact) mass is 270 g/mol. The second kappa shape index (κ2) is 6.85. The summed E-state index contributed by atoms with van der Waals surface area (Å²) >= 11 is 0. The summed E-state index contributed by atoms with van der Waals surface area (Å²) in [6.45, 7) is 4.89. The number of rotatable bonds is 7. The maximum absolute atomic E-state index is 11.4. The van der Waals surface area contributed by atoms with Crippen LogP contribution in [0.15, 0.2) is 18.3 Å². The molecule has 1 aromatic heterocycles. The van der Waals surface area contributed by atoms with Gasteiger partial charge in [0.25, 0.3) is 0 Å². The van der Waals surface area contributed by atoms with Gasteiger partial charge in [0, 0.05) is 30.6 Å². The van der Waals surface area contributed by atoms with Crippen molar-refractivity contribution in [3.63, 3.8) is 0 Å². The summed E-state index contributed by atoms with van der Waals surface area (Å²) in [6.07, 6.45) is 4.67. The molecule has 4 nitrogen and oxygen atoms in total. The Balaban J connectivity index is 2.75. The normalized spacial score (nSPS) is 13.5. The molecule has 0 fully saturated rings. The third kappa shape index (κ3) is 5.60. The predicted octanol–water partition coefficient (Wildman–Crippen LogP) is 1.35. The Labute approximate surface area is 110 Å². The minimum absolute atomic E-state index is 0.0615. The number of aryl methyl sites for hydroxylation is 1. The minimum Gasteiger partial charge on any atom is -0.313 e. The van der Waals surface area contributed by atoms with E-state index in [1.54, 1.807) is 6.20 Å². The summed E-state index contributed by atoms with van der Waals surface area (Å²) in [5.74, 6) is 0.156. The first-order chi connectivity index (χ1) is 8.42.